The van der Waals surface area contributed by atoms with Crippen LogP contribution < -0.4 is 18.9 Å². The van der Waals surface area contributed by atoms with E-state index in [9.17, 15) is 4.79 Å². The molecule has 0 aromatic carbocycles. The second kappa shape index (κ2) is 9.03. The van der Waals surface area contributed by atoms with Gasteiger partial charge in [-0.25, -0.2) is 0 Å². The van der Waals surface area contributed by atoms with Crippen molar-refractivity contribution in [3.63, 3.8) is 0 Å². The minimum absolute atomic E-state index is 0. The SMILES string of the molecule is CCOC(=O)C(C)C.[Li+].[OH-]. The molecular formula is C6H13LiO3. The second-order valence-corrected chi connectivity index (χ2v) is 1.91. The summed E-state index contributed by atoms with van der Waals surface area (Å²) in [4.78, 5) is 10.5. The first kappa shape index (κ1) is 16.5. The van der Waals surface area contributed by atoms with E-state index in [1.165, 1.54) is 0 Å². The largest absolute Gasteiger partial charge is 1.00 e. The standard InChI is InChI=1S/C6H12O2.Li.H2O/c1-4-8-6(7)5(2)3;;/h5H,4H2,1-3H3;;1H2/q;+1;/p-1. The van der Waals surface area contributed by atoms with Crippen LogP contribution in [0.3, 0.4) is 0 Å². The molecule has 0 aromatic heterocycles. The van der Waals surface area contributed by atoms with Gasteiger partial charge in [-0.2, -0.15) is 0 Å². The minimum atomic E-state index is -0.118. The molecule has 0 heterocycles. The quantitative estimate of drug-likeness (QED) is 0.330. The van der Waals surface area contributed by atoms with Crippen LogP contribution in [-0.2, 0) is 9.53 Å². The van der Waals surface area contributed by atoms with Crippen LogP contribution in [0.25, 0.3) is 0 Å². The van der Waals surface area contributed by atoms with Crippen LogP contribution in [0.1, 0.15) is 20.8 Å². The fraction of sp³-hybridized carbons (Fsp3) is 0.833. The van der Waals surface area contributed by atoms with Gasteiger partial charge in [0, 0.05) is 0 Å². The van der Waals surface area contributed by atoms with E-state index in [1.54, 1.807) is 6.92 Å². The molecule has 0 radical (unpaired) electrons. The molecule has 56 valence electrons. The Balaban J connectivity index is -0.000000245. The summed E-state index contributed by atoms with van der Waals surface area (Å²) in [5.41, 5.74) is 0. The summed E-state index contributed by atoms with van der Waals surface area (Å²) in [7, 11) is 0. The van der Waals surface area contributed by atoms with Crippen molar-refractivity contribution in [3.05, 3.63) is 0 Å². The van der Waals surface area contributed by atoms with Crippen molar-refractivity contribution in [2.75, 3.05) is 6.61 Å². The summed E-state index contributed by atoms with van der Waals surface area (Å²) in [6.07, 6.45) is 0. The molecule has 0 amide bonds. The van der Waals surface area contributed by atoms with Crippen molar-refractivity contribution in [1.29, 1.82) is 0 Å². The summed E-state index contributed by atoms with van der Waals surface area (Å²) in [6.45, 7) is 5.92. The molecule has 0 unspecified atom stereocenters. The molecule has 0 rings (SSSR count). The molecule has 0 aromatic rings. The van der Waals surface area contributed by atoms with Crippen molar-refractivity contribution in [2.45, 2.75) is 20.8 Å². The number of ether oxygens (including phenoxy) is 1. The molecule has 0 spiro atoms. The Kier molecular flexibility index (Phi) is 14.9. The predicted molar refractivity (Wildman–Crippen MR) is 33.4 cm³/mol. The maximum Gasteiger partial charge on any atom is 1.00 e. The second-order valence-electron chi connectivity index (χ2n) is 1.91. The topological polar surface area (TPSA) is 56.3 Å². The van der Waals surface area contributed by atoms with Gasteiger partial charge in [-0.15, -0.1) is 0 Å². The molecule has 1 N–H and O–H groups in total. The Hall–Kier alpha value is 0.0274. The predicted octanol–water partition coefficient (Wildman–Crippen LogP) is -1.97. The fourth-order valence-electron chi connectivity index (χ4n) is 0.309. The summed E-state index contributed by atoms with van der Waals surface area (Å²) in [5, 5.41) is 0. The molecule has 0 bridgehead atoms. The summed E-state index contributed by atoms with van der Waals surface area (Å²) < 4.78 is 4.66. The van der Waals surface area contributed by atoms with Gasteiger partial charge < -0.3 is 10.2 Å². The number of carbonyl (C=O) groups excluding carboxylic acids is 1. The molecule has 0 saturated heterocycles. The van der Waals surface area contributed by atoms with E-state index >= 15 is 0 Å². The molecule has 0 aliphatic carbocycles. The summed E-state index contributed by atoms with van der Waals surface area (Å²) in [6, 6.07) is 0. The monoisotopic (exact) mass is 140 g/mol. The average Bonchev–Trinajstić information content (AvgIpc) is 1.67. The zero-order chi connectivity index (χ0) is 6.57. The Morgan fingerprint density at radius 1 is 1.50 bits per heavy atom. The van der Waals surface area contributed by atoms with Crippen molar-refractivity contribution in [2.24, 2.45) is 5.92 Å². The normalized spacial score (nSPS) is 7.60. The molecule has 10 heavy (non-hydrogen) atoms. The van der Waals surface area contributed by atoms with Gasteiger partial charge in [-0.1, -0.05) is 13.8 Å². The van der Waals surface area contributed by atoms with E-state index in [-0.39, 0.29) is 36.2 Å². The van der Waals surface area contributed by atoms with Crippen LogP contribution in [0.4, 0.5) is 0 Å². The van der Waals surface area contributed by atoms with Crippen LogP contribution in [-0.4, -0.2) is 18.1 Å². The van der Waals surface area contributed by atoms with Crippen LogP contribution in [0.2, 0.25) is 0 Å². The van der Waals surface area contributed by atoms with Crippen LogP contribution in [0.15, 0.2) is 0 Å². The molecule has 4 heteroatoms. The van der Waals surface area contributed by atoms with Crippen molar-refractivity contribution in [1.82, 2.24) is 0 Å². The first-order chi connectivity index (χ1) is 3.68. The van der Waals surface area contributed by atoms with Crippen molar-refractivity contribution in [3.8, 4) is 0 Å². The molecule has 3 nitrogen and oxygen atoms in total. The molecule has 0 aliphatic rings. The number of esters is 1. The van der Waals surface area contributed by atoms with Crippen LogP contribution in [0.5, 0.6) is 0 Å². The zero-order valence-electron chi connectivity index (χ0n) is 7.05. The fourth-order valence-corrected chi connectivity index (χ4v) is 0.309. The third-order valence-corrected chi connectivity index (χ3v) is 0.758. The Morgan fingerprint density at radius 3 is 2.00 bits per heavy atom. The Labute approximate surface area is 73.6 Å². The number of hydrogen-bond acceptors (Lipinski definition) is 3. The van der Waals surface area contributed by atoms with Crippen molar-refractivity contribution < 1.29 is 33.9 Å². The third-order valence-electron chi connectivity index (χ3n) is 0.758. The maximum absolute atomic E-state index is 10.5. The van der Waals surface area contributed by atoms with E-state index in [2.05, 4.69) is 4.74 Å². The zero-order valence-corrected chi connectivity index (χ0v) is 7.05. The Bertz CT molecular complexity index is 83.1. The summed E-state index contributed by atoms with van der Waals surface area (Å²) in [5.74, 6) is -0.109. The van der Waals surface area contributed by atoms with Crippen LogP contribution >= 0.6 is 0 Å². The number of hydrogen-bond donors (Lipinski definition) is 0. The maximum atomic E-state index is 10.5. The van der Waals surface area contributed by atoms with Gasteiger partial charge in [-0.3, -0.25) is 4.79 Å². The van der Waals surface area contributed by atoms with E-state index in [0.717, 1.165) is 0 Å². The number of carbonyl (C=O) groups is 1. The minimum Gasteiger partial charge on any atom is -0.870 e. The van der Waals surface area contributed by atoms with Gasteiger partial charge in [0.25, 0.3) is 0 Å². The smallest absolute Gasteiger partial charge is 0.870 e. The Morgan fingerprint density at radius 2 is 1.90 bits per heavy atom. The third kappa shape index (κ3) is 8.03. The first-order valence-corrected chi connectivity index (χ1v) is 2.85. The van der Waals surface area contributed by atoms with E-state index < -0.39 is 0 Å². The van der Waals surface area contributed by atoms with Crippen molar-refractivity contribution >= 4 is 5.97 Å². The van der Waals surface area contributed by atoms with Gasteiger partial charge in [0.05, 0.1) is 12.5 Å². The summed E-state index contributed by atoms with van der Waals surface area (Å²) >= 11 is 0. The van der Waals surface area contributed by atoms with E-state index in [4.69, 9.17) is 0 Å². The number of rotatable bonds is 2. The van der Waals surface area contributed by atoms with Gasteiger partial charge in [0.2, 0.25) is 0 Å². The van der Waals surface area contributed by atoms with Crippen LogP contribution in [0, 0.1) is 5.92 Å². The van der Waals surface area contributed by atoms with E-state index in [1.807, 2.05) is 13.8 Å². The molecule has 0 atom stereocenters. The molecule has 0 fully saturated rings. The van der Waals surface area contributed by atoms with Gasteiger partial charge in [0.1, 0.15) is 0 Å². The van der Waals surface area contributed by atoms with Gasteiger partial charge in [-0.05, 0) is 6.92 Å². The van der Waals surface area contributed by atoms with Gasteiger partial charge in [0.15, 0.2) is 0 Å². The molecule has 0 saturated carbocycles. The van der Waals surface area contributed by atoms with Gasteiger partial charge >= 0.3 is 24.8 Å². The average molecular weight is 140 g/mol. The molecular weight excluding hydrogens is 127 g/mol. The first-order valence-electron chi connectivity index (χ1n) is 2.85. The molecule has 0 aliphatic heterocycles. The van der Waals surface area contributed by atoms with E-state index in [0.29, 0.717) is 6.61 Å².